The molecule has 0 fully saturated rings. The average molecular weight is 455 g/mol. The van der Waals surface area contributed by atoms with Crippen LogP contribution in [0.1, 0.15) is 36.7 Å². The van der Waals surface area contributed by atoms with Gasteiger partial charge < -0.3 is 14.2 Å². The van der Waals surface area contributed by atoms with Crippen molar-refractivity contribution < 1.29 is 23.8 Å². The highest BCUT2D eigenvalue weighted by Crippen LogP contribution is 2.32. The Morgan fingerprint density at radius 1 is 0.906 bits per heavy atom. The van der Waals surface area contributed by atoms with Gasteiger partial charge in [-0.05, 0) is 59.7 Å². The summed E-state index contributed by atoms with van der Waals surface area (Å²) >= 11 is 6.46. The van der Waals surface area contributed by atoms with Crippen molar-refractivity contribution in [1.29, 1.82) is 0 Å². The number of hydrogen-bond acceptors (Lipinski definition) is 5. The van der Waals surface area contributed by atoms with Crippen LogP contribution in [0.15, 0.2) is 66.7 Å². The maximum Gasteiger partial charge on any atom is 0.302 e. The van der Waals surface area contributed by atoms with E-state index in [0.29, 0.717) is 28.7 Å². The van der Waals surface area contributed by atoms with Crippen molar-refractivity contribution in [2.24, 2.45) is 0 Å². The van der Waals surface area contributed by atoms with Crippen molar-refractivity contribution >= 4 is 23.9 Å². The first-order valence-corrected chi connectivity index (χ1v) is 10.8. The number of halogens is 1. The van der Waals surface area contributed by atoms with Crippen LogP contribution in [0.3, 0.4) is 0 Å². The van der Waals surface area contributed by atoms with Gasteiger partial charge in [-0.15, -0.1) is 0 Å². The molecule has 0 saturated carbocycles. The molecule has 0 radical (unpaired) electrons. The van der Waals surface area contributed by atoms with Crippen molar-refractivity contribution in [3.8, 4) is 22.6 Å². The van der Waals surface area contributed by atoms with Crippen molar-refractivity contribution in [1.82, 2.24) is 0 Å². The zero-order valence-electron chi connectivity index (χ0n) is 18.5. The second kappa shape index (κ2) is 13.2. The number of esters is 1. The van der Waals surface area contributed by atoms with Crippen molar-refractivity contribution in [3.63, 3.8) is 0 Å². The number of rotatable bonds is 9. The second-order valence-corrected chi connectivity index (χ2v) is 6.91. The van der Waals surface area contributed by atoms with Crippen LogP contribution in [0.25, 0.3) is 11.1 Å². The first kappa shape index (κ1) is 25.0. The van der Waals surface area contributed by atoms with Gasteiger partial charge in [0.05, 0.1) is 5.02 Å². The van der Waals surface area contributed by atoms with E-state index in [4.69, 9.17) is 25.8 Å². The van der Waals surface area contributed by atoms with Gasteiger partial charge in [0, 0.05) is 18.1 Å². The van der Waals surface area contributed by atoms with Gasteiger partial charge in [-0.1, -0.05) is 43.6 Å². The molecule has 0 aliphatic heterocycles. The lowest BCUT2D eigenvalue weighted by Crippen LogP contribution is -2.09. The van der Waals surface area contributed by atoms with E-state index in [1.807, 2.05) is 50.2 Å². The first-order chi connectivity index (χ1) is 15.5. The van der Waals surface area contributed by atoms with E-state index in [1.165, 1.54) is 6.92 Å². The predicted molar refractivity (Wildman–Crippen MR) is 127 cm³/mol. The summed E-state index contributed by atoms with van der Waals surface area (Å²) in [5.74, 6) is 0.960. The molecule has 0 aromatic heterocycles. The van der Waals surface area contributed by atoms with E-state index in [-0.39, 0.29) is 19.2 Å². The maximum absolute atomic E-state index is 10.8. The molecule has 0 atom stereocenters. The number of hydrogen-bond donors (Lipinski definition) is 0. The van der Waals surface area contributed by atoms with Crippen LogP contribution in [0.2, 0.25) is 5.02 Å². The molecule has 0 bridgehead atoms. The van der Waals surface area contributed by atoms with Crippen LogP contribution >= 0.6 is 11.6 Å². The second-order valence-electron chi connectivity index (χ2n) is 6.51. The predicted octanol–water partition coefficient (Wildman–Crippen LogP) is 6.37. The monoisotopic (exact) mass is 454 g/mol. The van der Waals surface area contributed by atoms with Crippen LogP contribution in [-0.2, 0) is 16.1 Å². The summed E-state index contributed by atoms with van der Waals surface area (Å²) in [6.07, 6.45) is 0.799. The highest BCUT2D eigenvalue weighted by molar-refractivity contribution is 6.33. The van der Waals surface area contributed by atoms with E-state index in [9.17, 15) is 9.59 Å². The smallest absolute Gasteiger partial charge is 0.302 e. The molecule has 3 aromatic carbocycles. The summed E-state index contributed by atoms with van der Waals surface area (Å²) in [5, 5.41) is 0.558. The fourth-order valence-electron chi connectivity index (χ4n) is 2.80. The van der Waals surface area contributed by atoms with Gasteiger partial charge in [0.15, 0.2) is 0 Å². The third-order valence-corrected chi connectivity index (χ3v) is 4.57. The minimum absolute atomic E-state index is 0.189. The van der Waals surface area contributed by atoms with Crippen LogP contribution in [-0.4, -0.2) is 25.5 Å². The van der Waals surface area contributed by atoms with E-state index in [0.717, 1.165) is 23.0 Å². The lowest BCUT2D eigenvalue weighted by atomic mass is 10.0. The normalized spacial score (nSPS) is 9.88. The zero-order valence-corrected chi connectivity index (χ0v) is 19.2. The largest absolute Gasteiger partial charge is 0.490 e. The molecule has 0 spiro atoms. The fraction of sp³-hybridized carbons (Fsp3) is 0.231. The Hall–Kier alpha value is -3.31. The fourth-order valence-corrected chi connectivity index (χ4v) is 3.08. The van der Waals surface area contributed by atoms with Gasteiger partial charge in [-0.3, -0.25) is 9.59 Å². The average Bonchev–Trinajstić information content (AvgIpc) is 2.82. The lowest BCUT2D eigenvalue weighted by Gasteiger charge is -2.11. The molecule has 0 unspecified atom stereocenters. The summed E-state index contributed by atoms with van der Waals surface area (Å²) in [4.78, 5) is 21.5. The lowest BCUT2D eigenvalue weighted by molar-refractivity contribution is -0.141. The van der Waals surface area contributed by atoms with Crippen LogP contribution in [0.4, 0.5) is 0 Å². The van der Waals surface area contributed by atoms with E-state index < -0.39 is 0 Å². The highest BCUT2D eigenvalue weighted by atomic mass is 35.5. The van der Waals surface area contributed by atoms with Gasteiger partial charge in [0.25, 0.3) is 0 Å². The van der Waals surface area contributed by atoms with E-state index >= 15 is 0 Å². The Morgan fingerprint density at radius 2 is 1.62 bits per heavy atom. The summed E-state index contributed by atoms with van der Waals surface area (Å²) in [7, 11) is 0. The van der Waals surface area contributed by atoms with Gasteiger partial charge in [0.2, 0.25) is 0 Å². The molecular weight excluding hydrogens is 428 g/mol. The topological polar surface area (TPSA) is 61.8 Å². The van der Waals surface area contributed by atoms with Crippen molar-refractivity contribution in [3.05, 3.63) is 82.9 Å². The molecule has 3 rings (SSSR count). The zero-order chi connectivity index (χ0) is 23.3. The number of aldehydes is 1. The summed E-state index contributed by atoms with van der Waals surface area (Å²) in [5.41, 5.74) is 3.44. The van der Waals surface area contributed by atoms with Crippen molar-refractivity contribution in [2.45, 2.75) is 27.4 Å². The minimum Gasteiger partial charge on any atom is -0.490 e. The molecule has 0 amide bonds. The molecule has 0 saturated heterocycles. The van der Waals surface area contributed by atoms with Crippen LogP contribution in [0.5, 0.6) is 11.5 Å². The highest BCUT2D eigenvalue weighted by Gasteiger charge is 2.07. The van der Waals surface area contributed by atoms with E-state index in [1.54, 1.807) is 30.3 Å². The third-order valence-electron chi connectivity index (χ3n) is 4.26. The van der Waals surface area contributed by atoms with Gasteiger partial charge >= 0.3 is 5.97 Å². The maximum atomic E-state index is 10.8. The Labute approximate surface area is 193 Å². The van der Waals surface area contributed by atoms with Gasteiger partial charge in [-0.25, -0.2) is 0 Å². The number of benzene rings is 3. The van der Waals surface area contributed by atoms with Gasteiger partial charge in [0.1, 0.15) is 37.6 Å². The summed E-state index contributed by atoms with van der Waals surface area (Å²) in [6.45, 7) is 6.20. The summed E-state index contributed by atoms with van der Waals surface area (Å²) in [6, 6.07) is 20.3. The third kappa shape index (κ3) is 7.75. The van der Waals surface area contributed by atoms with E-state index in [2.05, 4.69) is 0 Å². The van der Waals surface area contributed by atoms with Crippen LogP contribution in [0, 0.1) is 0 Å². The summed E-state index contributed by atoms with van der Waals surface area (Å²) < 4.78 is 16.2. The van der Waals surface area contributed by atoms with Crippen molar-refractivity contribution in [2.75, 3.05) is 13.2 Å². The Kier molecular flexibility index (Phi) is 10.3. The van der Waals surface area contributed by atoms with Gasteiger partial charge in [-0.2, -0.15) is 0 Å². The number of ether oxygens (including phenoxy) is 3. The molecule has 168 valence electrons. The molecule has 3 aromatic rings. The Morgan fingerprint density at radius 3 is 2.28 bits per heavy atom. The first-order valence-electron chi connectivity index (χ1n) is 10.4. The quantitative estimate of drug-likeness (QED) is 0.213. The molecular formula is C26H27ClO5. The Balaban J connectivity index is 0.00000176. The molecule has 5 nitrogen and oxygen atoms in total. The minimum atomic E-state index is -0.339. The standard InChI is InChI=1S/C24H21ClO5.C2H6/c1-17(27)28-11-12-29-22-9-10-23(24(25)14-22)20-4-2-3-19(13-20)16-30-21-7-5-18(15-26)6-8-21;1-2/h2-10,13-15H,11-12,16H2,1H3;1-2H3. The molecule has 0 aliphatic rings. The number of carbonyl (C=O) groups is 2. The Bertz CT molecular complexity index is 1010. The molecule has 32 heavy (non-hydrogen) atoms. The molecule has 0 aliphatic carbocycles. The molecule has 6 heteroatoms. The molecule has 0 heterocycles. The van der Waals surface area contributed by atoms with Crippen LogP contribution < -0.4 is 9.47 Å². The molecule has 0 N–H and O–H groups in total. The number of carbonyl (C=O) groups excluding carboxylic acids is 2. The SMILES string of the molecule is CC.CC(=O)OCCOc1ccc(-c2cccc(COc3ccc(C=O)cc3)c2)c(Cl)c1.